The van der Waals surface area contributed by atoms with Gasteiger partial charge in [-0.25, -0.2) is 0 Å². The lowest BCUT2D eigenvalue weighted by Gasteiger charge is -2.46. The van der Waals surface area contributed by atoms with Crippen LogP contribution in [0.1, 0.15) is 38.5 Å². The molecule has 4 aliphatic rings. The molecule has 0 N–H and O–H groups in total. The summed E-state index contributed by atoms with van der Waals surface area (Å²) in [4.78, 5) is 0. The molecule has 8 unspecified atom stereocenters. The van der Waals surface area contributed by atoms with E-state index < -0.39 is 8.07 Å². The molecule has 0 heterocycles. The molecule has 0 nitrogen and oxygen atoms in total. The average molecular weight is 301 g/mol. The Morgan fingerprint density at radius 3 is 1.48 bits per heavy atom. The van der Waals surface area contributed by atoms with Crippen molar-refractivity contribution < 1.29 is 0 Å². The van der Waals surface area contributed by atoms with E-state index in [1.807, 2.05) is 0 Å². The number of allylic oxidation sites excluding steroid dienone is 2. The van der Waals surface area contributed by atoms with Crippen LogP contribution in [0.25, 0.3) is 0 Å². The summed E-state index contributed by atoms with van der Waals surface area (Å²) in [5.74, 6) is 5.82. The maximum Gasteiger partial charge on any atom is 0.0542 e. The SMILES string of the molecule is C=CC1CC2CC1C([Si](C)(C)C1CC3CC(C=C)C1C3)C2. The Morgan fingerprint density at radius 2 is 1.14 bits per heavy atom. The molecular weight excluding hydrogens is 268 g/mol. The number of fused-ring (bicyclic) bond motifs is 4. The normalized spacial score (nSPS) is 51.5. The van der Waals surface area contributed by atoms with Crippen LogP contribution in [-0.4, -0.2) is 8.07 Å². The monoisotopic (exact) mass is 300 g/mol. The zero-order chi connectivity index (χ0) is 14.8. The molecule has 0 spiro atoms. The third-order valence-corrected chi connectivity index (χ3v) is 13.4. The lowest BCUT2D eigenvalue weighted by molar-refractivity contribution is 0.355. The third-order valence-electron chi connectivity index (χ3n) is 8.25. The highest BCUT2D eigenvalue weighted by atomic mass is 28.3. The highest BCUT2D eigenvalue weighted by Gasteiger charge is 2.58. The van der Waals surface area contributed by atoms with Crippen molar-refractivity contribution in [3.05, 3.63) is 25.3 Å². The van der Waals surface area contributed by atoms with E-state index in [1.165, 1.54) is 25.7 Å². The Bertz CT molecular complexity index is 411. The van der Waals surface area contributed by atoms with E-state index in [4.69, 9.17) is 0 Å². The molecule has 0 aromatic carbocycles. The molecule has 0 aromatic rings. The zero-order valence-corrected chi connectivity index (χ0v) is 14.9. The molecular formula is C20H32Si. The molecule has 0 aromatic heterocycles. The van der Waals surface area contributed by atoms with Crippen molar-refractivity contribution in [2.45, 2.75) is 62.7 Å². The van der Waals surface area contributed by atoms with E-state index in [9.17, 15) is 0 Å². The lowest BCUT2D eigenvalue weighted by Crippen LogP contribution is -2.45. The number of rotatable bonds is 4. The second-order valence-electron chi connectivity index (χ2n) is 9.31. The average Bonchev–Trinajstić information content (AvgIpc) is 3.23. The van der Waals surface area contributed by atoms with E-state index in [0.717, 1.165) is 46.6 Å². The van der Waals surface area contributed by atoms with Gasteiger partial charge < -0.3 is 0 Å². The minimum absolute atomic E-state index is 0.856. The van der Waals surface area contributed by atoms with Crippen LogP contribution in [0.3, 0.4) is 0 Å². The Labute approximate surface area is 132 Å². The van der Waals surface area contributed by atoms with Crippen LogP contribution in [0.2, 0.25) is 24.2 Å². The molecule has 4 rings (SSSR count). The minimum atomic E-state index is -1.16. The molecule has 21 heavy (non-hydrogen) atoms. The summed E-state index contributed by atoms with van der Waals surface area (Å²) in [7, 11) is -1.16. The van der Waals surface area contributed by atoms with Crippen molar-refractivity contribution in [1.82, 2.24) is 0 Å². The number of hydrogen-bond donors (Lipinski definition) is 0. The van der Waals surface area contributed by atoms with Gasteiger partial charge in [0.05, 0.1) is 8.07 Å². The molecule has 0 aliphatic heterocycles. The summed E-state index contributed by atoms with van der Waals surface area (Å²) in [6.07, 6.45) is 13.7. The molecule has 4 fully saturated rings. The van der Waals surface area contributed by atoms with Gasteiger partial charge in [-0.2, -0.15) is 0 Å². The van der Waals surface area contributed by atoms with Gasteiger partial charge >= 0.3 is 0 Å². The lowest BCUT2D eigenvalue weighted by atomic mass is 9.88. The maximum atomic E-state index is 4.14. The Morgan fingerprint density at radius 1 is 0.714 bits per heavy atom. The number of hydrogen-bond acceptors (Lipinski definition) is 0. The van der Waals surface area contributed by atoms with Gasteiger partial charge in [-0.1, -0.05) is 25.2 Å². The first kappa shape index (κ1) is 14.3. The van der Waals surface area contributed by atoms with E-state index in [2.05, 4.69) is 38.4 Å². The minimum Gasteiger partial charge on any atom is -0.103 e. The fraction of sp³-hybridized carbons (Fsp3) is 0.800. The fourth-order valence-electron chi connectivity index (χ4n) is 7.34. The predicted molar refractivity (Wildman–Crippen MR) is 94.0 cm³/mol. The van der Waals surface area contributed by atoms with Crippen molar-refractivity contribution in [1.29, 1.82) is 0 Å². The van der Waals surface area contributed by atoms with Gasteiger partial charge in [0.1, 0.15) is 0 Å². The van der Waals surface area contributed by atoms with Crippen molar-refractivity contribution in [2.75, 3.05) is 0 Å². The molecule has 116 valence electrons. The first-order valence-electron chi connectivity index (χ1n) is 9.29. The smallest absolute Gasteiger partial charge is 0.0542 e. The van der Waals surface area contributed by atoms with Crippen LogP contribution in [0, 0.1) is 35.5 Å². The maximum absolute atomic E-state index is 4.14. The molecule has 4 bridgehead atoms. The summed E-state index contributed by atoms with van der Waals surface area (Å²) in [6, 6.07) is 0. The quantitative estimate of drug-likeness (QED) is 0.448. The van der Waals surface area contributed by atoms with E-state index in [1.54, 1.807) is 12.8 Å². The van der Waals surface area contributed by atoms with Crippen LogP contribution >= 0.6 is 0 Å². The highest BCUT2D eigenvalue weighted by molar-refractivity contribution is 6.80. The van der Waals surface area contributed by atoms with Gasteiger partial charge in [-0.05, 0) is 85.1 Å². The van der Waals surface area contributed by atoms with Gasteiger partial charge in [0, 0.05) is 0 Å². The van der Waals surface area contributed by atoms with Crippen LogP contribution in [0.5, 0.6) is 0 Å². The fourth-order valence-corrected chi connectivity index (χ4v) is 12.7. The van der Waals surface area contributed by atoms with Gasteiger partial charge in [-0.15, -0.1) is 13.2 Å². The molecule has 0 amide bonds. The second-order valence-corrected chi connectivity index (χ2v) is 14.4. The topological polar surface area (TPSA) is 0 Å². The molecule has 4 aliphatic carbocycles. The molecule has 0 saturated heterocycles. The highest BCUT2D eigenvalue weighted by Crippen LogP contribution is 2.66. The first-order chi connectivity index (χ1) is 10.0. The summed E-state index contributed by atoms with van der Waals surface area (Å²) in [5, 5.41) is 0. The van der Waals surface area contributed by atoms with Crippen LogP contribution in [0.15, 0.2) is 25.3 Å². The molecule has 8 atom stereocenters. The Hall–Kier alpha value is -0.303. The molecule has 4 saturated carbocycles. The predicted octanol–water partition coefficient (Wildman–Crippen LogP) is 5.90. The van der Waals surface area contributed by atoms with Crippen LogP contribution in [0.4, 0.5) is 0 Å². The second kappa shape index (κ2) is 4.85. The summed E-state index contributed by atoms with van der Waals surface area (Å²) >= 11 is 0. The zero-order valence-electron chi connectivity index (χ0n) is 13.9. The van der Waals surface area contributed by atoms with Crippen molar-refractivity contribution >= 4 is 8.07 Å². The largest absolute Gasteiger partial charge is 0.103 e. The van der Waals surface area contributed by atoms with E-state index >= 15 is 0 Å². The van der Waals surface area contributed by atoms with Gasteiger partial charge in [0.25, 0.3) is 0 Å². The molecule has 1 heteroatoms. The Kier molecular flexibility index (Phi) is 3.30. The van der Waals surface area contributed by atoms with Gasteiger partial charge in [0.15, 0.2) is 0 Å². The Balaban J connectivity index is 1.57. The van der Waals surface area contributed by atoms with Crippen molar-refractivity contribution in [3.63, 3.8) is 0 Å². The standard InChI is InChI=1S/C20H32Si/c1-5-15-7-13-9-17(15)19(11-13)21(3,4)20-12-14-8-16(6-2)18(20)10-14/h5-6,13-20H,1-2,7-12H2,3-4H3. The third kappa shape index (κ3) is 1.99. The van der Waals surface area contributed by atoms with Gasteiger partial charge in [-0.3, -0.25) is 0 Å². The first-order valence-corrected chi connectivity index (χ1v) is 12.4. The molecule has 0 radical (unpaired) electrons. The van der Waals surface area contributed by atoms with Crippen LogP contribution < -0.4 is 0 Å². The van der Waals surface area contributed by atoms with Gasteiger partial charge in [0.2, 0.25) is 0 Å². The summed E-state index contributed by atoms with van der Waals surface area (Å²) < 4.78 is 0. The van der Waals surface area contributed by atoms with Crippen molar-refractivity contribution in [2.24, 2.45) is 35.5 Å². The van der Waals surface area contributed by atoms with Crippen LogP contribution in [-0.2, 0) is 0 Å². The summed E-state index contributed by atoms with van der Waals surface area (Å²) in [5.41, 5.74) is 2.18. The van der Waals surface area contributed by atoms with E-state index in [0.29, 0.717) is 0 Å². The van der Waals surface area contributed by atoms with Crippen molar-refractivity contribution in [3.8, 4) is 0 Å². The van der Waals surface area contributed by atoms with E-state index in [-0.39, 0.29) is 0 Å². The summed E-state index contributed by atoms with van der Waals surface area (Å²) in [6.45, 7) is 13.8.